The lowest BCUT2D eigenvalue weighted by Gasteiger charge is -2.33. The van der Waals surface area contributed by atoms with Crippen LogP contribution in [0.2, 0.25) is 0 Å². The zero-order chi connectivity index (χ0) is 14.4. The number of ether oxygens (including phenoxy) is 2. The van der Waals surface area contributed by atoms with Crippen molar-refractivity contribution >= 4 is 11.8 Å². The van der Waals surface area contributed by atoms with Crippen LogP contribution in [0.3, 0.4) is 0 Å². The van der Waals surface area contributed by atoms with Crippen molar-refractivity contribution in [1.82, 2.24) is 0 Å². The number of carbonyl (C=O) groups is 2. The quantitative estimate of drug-likeness (QED) is 0.764. The minimum Gasteiger partial charge on any atom is -0.507 e. The molecular weight excluding hydrogens is 252 g/mol. The molecule has 2 N–H and O–H groups in total. The maximum atomic E-state index is 11.7. The zero-order valence-corrected chi connectivity index (χ0v) is 10.8. The second-order valence-electron chi connectivity index (χ2n) is 4.47. The van der Waals surface area contributed by atoms with E-state index in [2.05, 4.69) is 0 Å². The summed E-state index contributed by atoms with van der Waals surface area (Å²) in [4.78, 5) is 23.4. The van der Waals surface area contributed by atoms with E-state index in [1.165, 1.54) is 20.1 Å². The van der Waals surface area contributed by atoms with Gasteiger partial charge in [0.05, 0.1) is 7.11 Å². The lowest BCUT2D eigenvalue weighted by Crippen LogP contribution is -2.45. The maximum Gasteiger partial charge on any atom is 0.342 e. The summed E-state index contributed by atoms with van der Waals surface area (Å²) in [5, 5.41) is 20.3. The Balaban J connectivity index is 2.85. The second kappa shape index (κ2) is 4.24. The molecule has 1 heterocycles. The van der Waals surface area contributed by atoms with Gasteiger partial charge in [-0.2, -0.15) is 0 Å². The van der Waals surface area contributed by atoms with Crippen LogP contribution in [-0.2, 0) is 15.1 Å². The Kier molecular flexibility index (Phi) is 2.98. The summed E-state index contributed by atoms with van der Waals surface area (Å²) in [6.07, 6.45) is 0. The van der Waals surface area contributed by atoms with Crippen molar-refractivity contribution in [1.29, 1.82) is 0 Å². The first-order chi connectivity index (χ1) is 8.82. The number of fused-ring (bicyclic) bond motifs is 1. The molecule has 0 amide bonds. The van der Waals surface area contributed by atoms with Gasteiger partial charge in [0.2, 0.25) is 0 Å². The predicted octanol–water partition coefficient (Wildman–Crippen LogP) is 0.656. The Morgan fingerprint density at radius 3 is 2.68 bits per heavy atom. The molecule has 6 heteroatoms. The normalized spacial score (nSPS) is 21.6. The van der Waals surface area contributed by atoms with Crippen molar-refractivity contribution in [2.24, 2.45) is 0 Å². The Morgan fingerprint density at radius 1 is 1.53 bits per heavy atom. The second-order valence-corrected chi connectivity index (χ2v) is 4.47. The van der Waals surface area contributed by atoms with Crippen LogP contribution in [0, 0.1) is 6.92 Å². The fourth-order valence-corrected chi connectivity index (χ4v) is 2.27. The third-order valence-electron chi connectivity index (χ3n) is 3.35. The molecule has 1 aliphatic rings. The highest BCUT2D eigenvalue weighted by Crippen LogP contribution is 2.42. The standard InChI is InChI=1S/C13H14O6/c1-6-9(18-3)4-8(15)10-11(6)13(17,7(2)14)5-19-12(10)16/h4,15,17H,5H2,1-3H3/t13-/m1/s1. The van der Waals surface area contributed by atoms with E-state index >= 15 is 0 Å². The Hall–Kier alpha value is -2.08. The van der Waals surface area contributed by atoms with Crippen LogP contribution in [-0.4, -0.2) is 35.7 Å². The summed E-state index contributed by atoms with van der Waals surface area (Å²) in [6, 6.07) is 1.25. The molecule has 0 spiro atoms. The molecule has 1 aromatic carbocycles. The highest BCUT2D eigenvalue weighted by atomic mass is 16.5. The summed E-state index contributed by atoms with van der Waals surface area (Å²) >= 11 is 0. The van der Waals surface area contributed by atoms with Crippen molar-refractivity contribution in [3.05, 3.63) is 22.8 Å². The summed E-state index contributed by atoms with van der Waals surface area (Å²) < 4.78 is 9.85. The van der Waals surface area contributed by atoms with E-state index in [4.69, 9.17) is 9.47 Å². The predicted molar refractivity (Wildman–Crippen MR) is 64.3 cm³/mol. The molecule has 0 aliphatic carbocycles. The highest BCUT2D eigenvalue weighted by molar-refractivity contribution is 6.01. The average molecular weight is 266 g/mol. The first kappa shape index (κ1) is 13.4. The molecule has 19 heavy (non-hydrogen) atoms. The van der Waals surface area contributed by atoms with E-state index in [1.54, 1.807) is 6.92 Å². The number of aliphatic hydroxyl groups is 1. The van der Waals surface area contributed by atoms with E-state index in [0.717, 1.165) is 0 Å². The summed E-state index contributed by atoms with van der Waals surface area (Å²) in [6.45, 7) is 2.32. The lowest BCUT2D eigenvalue weighted by atomic mass is 9.81. The third-order valence-corrected chi connectivity index (χ3v) is 3.35. The van der Waals surface area contributed by atoms with Gasteiger partial charge in [0.1, 0.15) is 23.7 Å². The summed E-state index contributed by atoms with van der Waals surface area (Å²) in [5.41, 5.74) is -1.68. The smallest absolute Gasteiger partial charge is 0.342 e. The van der Waals surface area contributed by atoms with Crippen molar-refractivity contribution in [2.45, 2.75) is 19.4 Å². The largest absolute Gasteiger partial charge is 0.507 e. The minimum absolute atomic E-state index is 0.0492. The topological polar surface area (TPSA) is 93.1 Å². The number of aromatic hydroxyl groups is 1. The van der Waals surface area contributed by atoms with E-state index in [-0.39, 0.29) is 22.6 Å². The number of ketones is 1. The van der Waals surface area contributed by atoms with Gasteiger partial charge in [-0.15, -0.1) is 0 Å². The molecule has 0 radical (unpaired) electrons. The highest BCUT2D eigenvalue weighted by Gasteiger charge is 2.46. The van der Waals surface area contributed by atoms with Crippen LogP contribution in [0.4, 0.5) is 0 Å². The Bertz CT molecular complexity index is 577. The molecule has 1 atom stereocenters. The SMILES string of the molecule is COc1cc(O)c2c(c1C)[C@](O)(C(C)=O)COC2=O. The molecule has 0 aromatic heterocycles. The van der Waals surface area contributed by atoms with Crippen LogP contribution in [0.1, 0.15) is 28.4 Å². The molecule has 1 aromatic rings. The Morgan fingerprint density at radius 2 is 2.16 bits per heavy atom. The van der Waals surface area contributed by atoms with Crippen molar-refractivity contribution < 1.29 is 29.3 Å². The number of esters is 1. The van der Waals surface area contributed by atoms with Crippen LogP contribution in [0.25, 0.3) is 0 Å². The summed E-state index contributed by atoms with van der Waals surface area (Å²) in [5.74, 6) is -1.45. The van der Waals surface area contributed by atoms with E-state index in [1.807, 2.05) is 0 Å². The van der Waals surface area contributed by atoms with Crippen molar-refractivity contribution in [2.75, 3.05) is 13.7 Å². The molecule has 6 nitrogen and oxygen atoms in total. The average Bonchev–Trinajstić information content (AvgIpc) is 2.36. The van der Waals surface area contributed by atoms with Gasteiger partial charge in [0.25, 0.3) is 0 Å². The number of phenols is 1. The minimum atomic E-state index is -1.96. The van der Waals surface area contributed by atoms with Gasteiger partial charge in [-0.3, -0.25) is 4.79 Å². The van der Waals surface area contributed by atoms with Crippen molar-refractivity contribution in [3.63, 3.8) is 0 Å². The van der Waals surface area contributed by atoms with Gasteiger partial charge in [-0.05, 0) is 19.4 Å². The number of benzene rings is 1. The molecule has 0 unspecified atom stereocenters. The first-order valence-corrected chi connectivity index (χ1v) is 5.64. The number of hydrogen-bond donors (Lipinski definition) is 2. The maximum absolute atomic E-state index is 11.7. The molecule has 0 saturated heterocycles. The number of cyclic esters (lactones) is 1. The molecule has 1 aliphatic heterocycles. The molecule has 0 saturated carbocycles. The number of rotatable bonds is 2. The van der Waals surface area contributed by atoms with Gasteiger partial charge < -0.3 is 19.7 Å². The number of hydrogen-bond acceptors (Lipinski definition) is 6. The van der Waals surface area contributed by atoms with Crippen LogP contribution < -0.4 is 4.74 Å². The molecule has 0 fully saturated rings. The van der Waals surface area contributed by atoms with Crippen molar-refractivity contribution in [3.8, 4) is 11.5 Å². The van der Waals surface area contributed by atoms with Crippen LogP contribution in [0.15, 0.2) is 6.07 Å². The molecule has 2 rings (SSSR count). The van der Waals surface area contributed by atoms with Gasteiger partial charge in [0.15, 0.2) is 11.4 Å². The zero-order valence-electron chi connectivity index (χ0n) is 10.8. The van der Waals surface area contributed by atoms with Gasteiger partial charge in [0, 0.05) is 11.6 Å². The number of Topliss-reactive ketones (excluding diaryl/α,β-unsaturated/α-hetero) is 1. The molecule has 102 valence electrons. The van der Waals surface area contributed by atoms with Crippen LogP contribution in [0.5, 0.6) is 11.5 Å². The van der Waals surface area contributed by atoms with Gasteiger partial charge in [-0.25, -0.2) is 4.79 Å². The van der Waals surface area contributed by atoms with Crippen LogP contribution >= 0.6 is 0 Å². The fourth-order valence-electron chi connectivity index (χ4n) is 2.27. The molecule has 0 bridgehead atoms. The monoisotopic (exact) mass is 266 g/mol. The van der Waals surface area contributed by atoms with Gasteiger partial charge >= 0.3 is 5.97 Å². The van der Waals surface area contributed by atoms with E-state index < -0.39 is 24.0 Å². The summed E-state index contributed by atoms with van der Waals surface area (Å²) in [7, 11) is 1.39. The first-order valence-electron chi connectivity index (χ1n) is 5.64. The number of phenolic OH excluding ortho intramolecular Hbond substituents is 1. The molecular formula is C13H14O6. The number of carbonyl (C=O) groups excluding carboxylic acids is 2. The van der Waals surface area contributed by atoms with Gasteiger partial charge in [-0.1, -0.05) is 0 Å². The van der Waals surface area contributed by atoms with E-state index in [9.17, 15) is 19.8 Å². The van der Waals surface area contributed by atoms with E-state index in [0.29, 0.717) is 5.56 Å². The third kappa shape index (κ3) is 1.76. The number of methoxy groups -OCH3 is 1. The fraction of sp³-hybridized carbons (Fsp3) is 0.385. The Labute approximate surface area is 109 Å². The lowest BCUT2D eigenvalue weighted by molar-refractivity contribution is -0.142.